The van der Waals surface area contributed by atoms with Gasteiger partial charge in [-0.25, -0.2) is 4.98 Å². The van der Waals surface area contributed by atoms with Gasteiger partial charge in [-0.05, 0) is 0 Å². The Labute approximate surface area is 81.9 Å². The average Bonchev–Trinajstić information content (AvgIpc) is 2.66. The molecule has 0 saturated carbocycles. The SMILES string of the molecule is CC(C)(CO)C(Cn1cncn1)N=O. The van der Waals surface area contributed by atoms with Crippen LogP contribution in [0.5, 0.6) is 0 Å². The normalized spacial score (nSPS) is 13.9. The third-order valence-corrected chi connectivity index (χ3v) is 2.26. The molecule has 0 fully saturated rings. The summed E-state index contributed by atoms with van der Waals surface area (Å²) >= 11 is 0. The molecule has 0 bridgehead atoms. The summed E-state index contributed by atoms with van der Waals surface area (Å²) in [4.78, 5) is 14.4. The number of hydrogen-bond acceptors (Lipinski definition) is 5. The lowest BCUT2D eigenvalue weighted by Crippen LogP contribution is -2.34. The van der Waals surface area contributed by atoms with E-state index in [9.17, 15) is 4.91 Å². The zero-order valence-electron chi connectivity index (χ0n) is 8.29. The molecule has 1 rings (SSSR count). The Morgan fingerprint density at radius 2 is 2.36 bits per heavy atom. The molecule has 1 aromatic rings. The van der Waals surface area contributed by atoms with Crippen molar-refractivity contribution in [2.24, 2.45) is 10.6 Å². The monoisotopic (exact) mass is 198 g/mol. The standard InChI is InChI=1S/C8H14N4O2/c1-8(2,4-13)7(11-14)3-12-6-9-5-10-12/h5-7,13H,3-4H2,1-2H3. The van der Waals surface area contributed by atoms with Crippen LogP contribution in [-0.4, -0.2) is 32.5 Å². The van der Waals surface area contributed by atoms with Gasteiger partial charge in [-0.1, -0.05) is 19.0 Å². The minimum Gasteiger partial charge on any atom is -0.396 e. The molecule has 1 atom stereocenters. The number of aliphatic hydroxyl groups excluding tert-OH is 1. The number of aliphatic hydroxyl groups is 1. The van der Waals surface area contributed by atoms with Crippen LogP contribution in [0.4, 0.5) is 0 Å². The third-order valence-electron chi connectivity index (χ3n) is 2.26. The van der Waals surface area contributed by atoms with Crippen molar-refractivity contribution in [3.8, 4) is 0 Å². The first-order chi connectivity index (χ1) is 6.60. The maximum Gasteiger partial charge on any atom is 0.137 e. The summed E-state index contributed by atoms with van der Waals surface area (Å²) in [5.74, 6) is 0. The second-order valence-corrected chi connectivity index (χ2v) is 3.89. The van der Waals surface area contributed by atoms with Crippen LogP contribution in [0, 0.1) is 10.3 Å². The first kappa shape index (κ1) is 10.8. The fraction of sp³-hybridized carbons (Fsp3) is 0.750. The molecule has 0 radical (unpaired) electrons. The summed E-state index contributed by atoms with van der Waals surface area (Å²) < 4.78 is 1.53. The van der Waals surface area contributed by atoms with Crippen molar-refractivity contribution < 1.29 is 5.11 Å². The van der Waals surface area contributed by atoms with Gasteiger partial charge in [0.15, 0.2) is 0 Å². The summed E-state index contributed by atoms with van der Waals surface area (Å²) in [6.07, 6.45) is 2.92. The summed E-state index contributed by atoms with van der Waals surface area (Å²) in [7, 11) is 0. The zero-order chi connectivity index (χ0) is 10.6. The van der Waals surface area contributed by atoms with Crippen molar-refractivity contribution in [2.75, 3.05) is 6.61 Å². The highest BCUT2D eigenvalue weighted by Crippen LogP contribution is 2.23. The minimum absolute atomic E-state index is 0.0852. The molecule has 14 heavy (non-hydrogen) atoms. The van der Waals surface area contributed by atoms with Crippen LogP contribution >= 0.6 is 0 Å². The lowest BCUT2D eigenvalue weighted by atomic mass is 9.86. The third kappa shape index (κ3) is 2.35. The average molecular weight is 198 g/mol. The molecule has 0 aromatic carbocycles. The van der Waals surface area contributed by atoms with Crippen LogP contribution in [-0.2, 0) is 6.54 Å². The van der Waals surface area contributed by atoms with Gasteiger partial charge in [0.25, 0.3) is 0 Å². The van der Waals surface area contributed by atoms with Gasteiger partial charge in [-0.2, -0.15) is 10.0 Å². The van der Waals surface area contributed by atoms with Gasteiger partial charge >= 0.3 is 0 Å². The van der Waals surface area contributed by atoms with E-state index in [4.69, 9.17) is 5.11 Å². The first-order valence-electron chi connectivity index (χ1n) is 4.36. The van der Waals surface area contributed by atoms with E-state index in [2.05, 4.69) is 15.3 Å². The molecular formula is C8H14N4O2. The van der Waals surface area contributed by atoms with Crippen molar-refractivity contribution in [2.45, 2.75) is 26.4 Å². The Morgan fingerprint density at radius 3 is 2.79 bits per heavy atom. The van der Waals surface area contributed by atoms with Crippen molar-refractivity contribution in [3.63, 3.8) is 0 Å². The van der Waals surface area contributed by atoms with Crippen molar-refractivity contribution in [1.29, 1.82) is 0 Å². The molecule has 6 nitrogen and oxygen atoms in total. The van der Waals surface area contributed by atoms with Crippen LogP contribution in [0.3, 0.4) is 0 Å². The fourth-order valence-electron chi connectivity index (χ4n) is 1.03. The van der Waals surface area contributed by atoms with E-state index < -0.39 is 11.5 Å². The van der Waals surface area contributed by atoms with Gasteiger partial charge in [0, 0.05) is 5.41 Å². The predicted octanol–water partition coefficient (Wildman–Crippen LogP) is 0.432. The van der Waals surface area contributed by atoms with Crippen LogP contribution in [0.25, 0.3) is 0 Å². The molecule has 0 amide bonds. The fourth-order valence-corrected chi connectivity index (χ4v) is 1.03. The van der Waals surface area contributed by atoms with Crippen LogP contribution in [0.2, 0.25) is 0 Å². The lowest BCUT2D eigenvalue weighted by molar-refractivity contribution is 0.123. The minimum atomic E-state index is -0.534. The quantitative estimate of drug-likeness (QED) is 0.696. The van der Waals surface area contributed by atoms with E-state index >= 15 is 0 Å². The molecule has 1 N–H and O–H groups in total. The largest absolute Gasteiger partial charge is 0.396 e. The van der Waals surface area contributed by atoms with Crippen molar-refractivity contribution in [1.82, 2.24) is 14.8 Å². The Bertz CT molecular complexity index is 284. The van der Waals surface area contributed by atoms with Crippen LogP contribution < -0.4 is 0 Å². The molecule has 1 heterocycles. The summed E-state index contributed by atoms with van der Waals surface area (Å²) in [6, 6.07) is -0.505. The number of nitroso groups, excluding NO2 is 1. The predicted molar refractivity (Wildman–Crippen MR) is 50.5 cm³/mol. The van der Waals surface area contributed by atoms with Gasteiger partial charge < -0.3 is 5.11 Å². The van der Waals surface area contributed by atoms with E-state index in [0.717, 1.165) is 0 Å². The molecule has 0 aliphatic carbocycles. The van der Waals surface area contributed by atoms with Gasteiger partial charge in [0.1, 0.15) is 18.7 Å². The van der Waals surface area contributed by atoms with E-state index in [1.807, 2.05) is 0 Å². The highest BCUT2D eigenvalue weighted by molar-refractivity contribution is 4.83. The maximum atomic E-state index is 10.6. The molecule has 1 unspecified atom stereocenters. The highest BCUT2D eigenvalue weighted by Gasteiger charge is 2.30. The van der Waals surface area contributed by atoms with Gasteiger partial charge in [-0.15, -0.1) is 0 Å². The molecule has 0 saturated heterocycles. The molecule has 0 aliphatic heterocycles. The number of nitrogens with zero attached hydrogens (tertiary/aromatic N) is 4. The lowest BCUT2D eigenvalue weighted by Gasteiger charge is -2.26. The maximum absolute atomic E-state index is 10.6. The summed E-state index contributed by atoms with van der Waals surface area (Å²) in [5, 5.41) is 16.0. The Hall–Kier alpha value is -1.30. The Kier molecular flexibility index (Phi) is 3.29. The van der Waals surface area contributed by atoms with E-state index in [1.165, 1.54) is 17.3 Å². The number of hydrogen-bond donors (Lipinski definition) is 1. The van der Waals surface area contributed by atoms with Gasteiger partial charge in [0.2, 0.25) is 0 Å². The van der Waals surface area contributed by atoms with Crippen LogP contribution in [0.15, 0.2) is 17.8 Å². The smallest absolute Gasteiger partial charge is 0.137 e. The Balaban J connectivity index is 2.69. The molecular weight excluding hydrogens is 184 g/mol. The van der Waals surface area contributed by atoms with Crippen molar-refractivity contribution in [3.05, 3.63) is 17.6 Å². The Morgan fingerprint density at radius 1 is 1.64 bits per heavy atom. The second-order valence-electron chi connectivity index (χ2n) is 3.89. The van der Waals surface area contributed by atoms with Gasteiger partial charge in [0.05, 0.1) is 13.2 Å². The summed E-state index contributed by atoms with van der Waals surface area (Å²) in [5.41, 5.74) is -0.534. The van der Waals surface area contributed by atoms with E-state index in [-0.39, 0.29) is 6.61 Å². The topological polar surface area (TPSA) is 80.4 Å². The molecule has 1 aromatic heterocycles. The molecule has 6 heteroatoms. The molecule has 0 spiro atoms. The first-order valence-corrected chi connectivity index (χ1v) is 4.36. The van der Waals surface area contributed by atoms with Crippen molar-refractivity contribution >= 4 is 0 Å². The zero-order valence-corrected chi connectivity index (χ0v) is 8.29. The van der Waals surface area contributed by atoms with E-state index in [1.54, 1.807) is 13.8 Å². The molecule has 78 valence electrons. The van der Waals surface area contributed by atoms with Crippen LogP contribution in [0.1, 0.15) is 13.8 Å². The molecule has 0 aliphatic rings. The van der Waals surface area contributed by atoms with Gasteiger partial charge in [-0.3, -0.25) is 4.68 Å². The highest BCUT2D eigenvalue weighted by atomic mass is 16.3. The summed E-state index contributed by atoms with van der Waals surface area (Å²) in [6.45, 7) is 3.83. The number of rotatable bonds is 5. The second kappa shape index (κ2) is 4.28. The number of aromatic nitrogens is 3. The van der Waals surface area contributed by atoms with E-state index in [0.29, 0.717) is 6.54 Å².